The third kappa shape index (κ3) is 3.69. The largest absolute Gasteiger partial charge is 0.497 e. The fraction of sp³-hybridized carbons (Fsp3) is 0.316. The molecule has 0 bridgehead atoms. The highest BCUT2D eigenvalue weighted by molar-refractivity contribution is 8.00. The minimum absolute atomic E-state index is 0.0975. The van der Waals surface area contributed by atoms with Gasteiger partial charge >= 0.3 is 0 Å². The zero-order chi connectivity index (χ0) is 17.8. The second kappa shape index (κ2) is 7.70. The van der Waals surface area contributed by atoms with Crippen molar-refractivity contribution in [3.8, 4) is 17.2 Å². The molecular weight excluding hydrogens is 338 g/mol. The molecule has 1 fully saturated rings. The highest BCUT2D eigenvalue weighted by Crippen LogP contribution is 2.44. The van der Waals surface area contributed by atoms with Crippen molar-refractivity contribution in [2.75, 3.05) is 27.1 Å². The second-order valence-corrected chi connectivity index (χ2v) is 6.71. The highest BCUT2D eigenvalue weighted by atomic mass is 32.2. The number of ether oxygens (including phenoxy) is 3. The Hall–Kier alpha value is -2.34. The quantitative estimate of drug-likeness (QED) is 0.790. The lowest BCUT2D eigenvalue weighted by atomic mass is 10.1. The molecule has 0 aliphatic carbocycles. The normalized spacial score (nSPS) is 16.8. The summed E-state index contributed by atoms with van der Waals surface area (Å²) in [5.41, 5.74) is 2.01. The molecule has 0 saturated carbocycles. The minimum atomic E-state index is -0.0975. The zero-order valence-corrected chi connectivity index (χ0v) is 15.3. The van der Waals surface area contributed by atoms with E-state index in [2.05, 4.69) is 0 Å². The number of carbonyl (C=O) groups is 1. The Morgan fingerprint density at radius 3 is 2.32 bits per heavy atom. The fourth-order valence-corrected chi connectivity index (χ4v) is 4.04. The average Bonchev–Trinajstić information content (AvgIpc) is 3.02. The maximum atomic E-state index is 12.4. The molecule has 132 valence electrons. The number of amides is 1. The fourth-order valence-electron chi connectivity index (χ4n) is 2.84. The summed E-state index contributed by atoms with van der Waals surface area (Å²) in [6.07, 6.45) is 0. The molecule has 1 saturated heterocycles. The number of hydrogen-bond acceptors (Lipinski definition) is 5. The number of rotatable bonds is 6. The second-order valence-electron chi connectivity index (χ2n) is 5.64. The Morgan fingerprint density at radius 1 is 1.00 bits per heavy atom. The van der Waals surface area contributed by atoms with Gasteiger partial charge in [-0.05, 0) is 35.9 Å². The number of carbonyl (C=O) groups excluding carboxylic acids is 1. The number of methoxy groups -OCH3 is 3. The summed E-state index contributed by atoms with van der Waals surface area (Å²) < 4.78 is 16.0. The standard InChI is InChI=1S/C19H21NO4S/c1-22-14-6-4-13(5-7-14)11-20-18(21)12-25-19(20)16-10-15(23-2)8-9-17(16)24-3/h4-10,19H,11-12H2,1-3H3/t19-/m0/s1. The summed E-state index contributed by atoms with van der Waals surface area (Å²) in [4.78, 5) is 14.3. The van der Waals surface area contributed by atoms with Crippen molar-refractivity contribution in [1.82, 2.24) is 4.90 Å². The van der Waals surface area contributed by atoms with Crippen LogP contribution in [0, 0.1) is 0 Å². The van der Waals surface area contributed by atoms with Gasteiger partial charge in [-0.15, -0.1) is 11.8 Å². The topological polar surface area (TPSA) is 48.0 Å². The number of thioether (sulfide) groups is 1. The van der Waals surface area contributed by atoms with Gasteiger partial charge in [0, 0.05) is 12.1 Å². The Balaban J connectivity index is 1.88. The van der Waals surface area contributed by atoms with Gasteiger partial charge in [-0.1, -0.05) is 12.1 Å². The summed E-state index contributed by atoms with van der Waals surface area (Å²) in [5.74, 6) is 2.89. The molecule has 0 N–H and O–H groups in total. The lowest BCUT2D eigenvalue weighted by Gasteiger charge is -2.26. The van der Waals surface area contributed by atoms with Crippen LogP contribution in [0.3, 0.4) is 0 Å². The van der Waals surface area contributed by atoms with E-state index in [0.717, 1.165) is 28.4 Å². The van der Waals surface area contributed by atoms with Crippen molar-refractivity contribution in [3.63, 3.8) is 0 Å². The van der Waals surface area contributed by atoms with E-state index in [4.69, 9.17) is 14.2 Å². The molecule has 2 aromatic rings. The Kier molecular flexibility index (Phi) is 5.38. The van der Waals surface area contributed by atoms with Crippen molar-refractivity contribution in [2.24, 2.45) is 0 Å². The number of benzene rings is 2. The van der Waals surface area contributed by atoms with E-state index in [-0.39, 0.29) is 11.3 Å². The predicted molar refractivity (Wildman–Crippen MR) is 98.3 cm³/mol. The summed E-state index contributed by atoms with van der Waals surface area (Å²) in [5, 5.41) is -0.0975. The first-order valence-electron chi connectivity index (χ1n) is 7.92. The molecule has 1 atom stereocenters. The molecule has 6 heteroatoms. The van der Waals surface area contributed by atoms with Crippen molar-refractivity contribution in [2.45, 2.75) is 11.9 Å². The van der Waals surface area contributed by atoms with E-state index < -0.39 is 0 Å². The molecular formula is C19H21NO4S. The van der Waals surface area contributed by atoms with Crippen molar-refractivity contribution >= 4 is 17.7 Å². The predicted octanol–water partition coefficient (Wildman–Crippen LogP) is 3.49. The van der Waals surface area contributed by atoms with Crippen LogP contribution in [0.25, 0.3) is 0 Å². The van der Waals surface area contributed by atoms with E-state index in [1.54, 1.807) is 33.1 Å². The molecule has 0 spiro atoms. The molecule has 0 radical (unpaired) electrons. The van der Waals surface area contributed by atoms with Gasteiger partial charge in [0.05, 0.1) is 27.1 Å². The first-order chi connectivity index (χ1) is 12.2. The van der Waals surface area contributed by atoms with Gasteiger partial charge in [0.2, 0.25) is 5.91 Å². The average molecular weight is 359 g/mol. The van der Waals surface area contributed by atoms with Gasteiger partial charge < -0.3 is 19.1 Å². The smallest absolute Gasteiger partial charge is 0.234 e. The van der Waals surface area contributed by atoms with Crippen LogP contribution in [0.5, 0.6) is 17.2 Å². The summed E-state index contributed by atoms with van der Waals surface area (Å²) in [7, 11) is 4.91. The molecule has 25 heavy (non-hydrogen) atoms. The maximum absolute atomic E-state index is 12.4. The minimum Gasteiger partial charge on any atom is -0.497 e. The lowest BCUT2D eigenvalue weighted by Crippen LogP contribution is -2.27. The van der Waals surface area contributed by atoms with Crippen LogP contribution in [0.15, 0.2) is 42.5 Å². The third-order valence-electron chi connectivity index (χ3n) is 4.18. The van der Waals surface area contributed by atoms with Crippen LogP contribution in [0.2, 0.25) is 0 Å². The molecule has 3 rings (SSSR count). The molecule has 2 aromatic carbocycles. The number of nitrogens with zero attached hydrogens (tertiary/aromatic N) is 1. The number of hydrogen-bond donors (Lipinski definition) is 0. The molecule has 0 aromatic heterocycles. The van der Waals surface area contributed by atoms with Gasteiger partial charge in [0.15, 0.2) is 0 Å². The third-order valence-corrected chi connectivity index (χ3v) is 5.42. The van der Waals surface area contributed by atoms with E-state index >= 15 is 0 Å². The molecule has 0 unspecified atom stereocenters. The van der Waals surface area contributed by atoms with Crippen molar-refractivity contribution in [3.05, 3.63) is 53.6 Å². The van der Waals surface area contributed by atoms with Crippen LogP contribution >= 0.6 is 11.8 Å². The monoisotopic (exact) mass is 359 g/mol. The zero-order valence-electron chi connectivity index (χ0n) is 14.5. The highest BCUT2D eigenvalue weighted by Gasteiger charge is 2.34. The van der Waals surface area contributed by atoms with Gasteiger partial charge in [0.25, 0.3) is 0 Å². The van der Waals surface area contributed by atoms with Gasteiger partial charge in [0.1, 0.15) is 22.6 Å². The van der Waals surface area contributed by atoms with Crippen molar-refractivity contribution < 1.29 is 19.0 Å². The molecule has 5 nitrogen and oxygen atoms in total. The van der Waals surface area contributed by atoms with E-state index in [9.17, 15) is 4.79 Å². The Labute approximate surface area is 151 Å². The van der Waals surface area contributed by atoms with E-state index in [1.165, 1.54) is 0 Å². The van der Waals surface area contributed by atoms with E-state index in [1.807, 2.05) is 47.4 Å². The van der Waals surface area contributed by atoms with Crippen LogP contribution < -0.4 is 14.2 Å². The summed E-state index contributed by atoms with van der Waals surface area (Å²) >= 11 is 1.60. The summed E-state index contributed by atoms with van der Waals surface area (Å²) in [6, 6.07) is 13.5. The van der Waals surface area contributed by atoms with E-state index in [0.29, 0.717) is 12.3 Å². The van der Waals surface area contributed by atoms with Gasteiger partial charge in [-0.25, -0.2) is 0 Å². The first kappa shape index (κ1) is 17.5. The van der Waals surface area contributed by atoms with Crippen LogP contribution in [-0.4, -0.2) is 37.9 Å². The van der Waals surface area contributed by atoms with Crippen LogP contribution in [0.1, 0.15) is 16.5 Å². The lowest BCUT2D eigenvalue weighted by molar-refractivity contribution is -0.128. The Bertz CT molecular complexity index is 748. The molecule has 1 aliphatic rings. The van der Waals surface area contributed by atoms with Crippen molar-refractivity contribution in [1.29, 1.82) is 0 Å². The maximum Gasteiger partial charge on any atom is 0.234 e. The Morgan fingerprint density at radius 2 is 1.68 bits per heavy atom. The SMILES string of the molecule is COc1ccc(CN2C(=O)CS[C@H]2c2cc(OC)ccc2OC)cc1. The van der Waals surface area contributed by atoms with Gasteiger partial charge in [-0.3, -0.25) is 4.79 Å². The molecule has 1 amide bonds. The summed E-state index contributed by atoms with van der Waals surface area (Å²) in [6.45, 7) is 0.543. The molecule has 1 aliphatic heterocycles. The van der Waals surface area contributed by atoms with Crippen LogP contribution in [-0.2, 0) is 11.3 Å². The molecule has 1 heterocycles. The van der Waals surface area contributed by atoms with Gasteiger partial charge in [-0.2, -0.15) is 0 Å². The first-order valence-corrected chi connectivity index (χ1v) is 8.97. The van der Waals surface area contributed by atoms with Crippen LogP contribution in [0.4, 0.5) is 0 Å².